The Bertz CT molecular complexity index is 1590. The second-order valence-corrected chi connectivity index (χ2v) is 11.0. The molecular formula is C33H31F6N3O. The number of alkyl halides is 6. The van der Waals surface area contributed by atoms with E-state index < -0.39 is 35.4 Å². The number of aromatic nitrogens is 2. The van der Waals surface area contributed by atoms with Crippen LogP contribution in [-0.4, -0.2) is 21.7 Å². The smallest absolute Gasteiger partial charge is 0.363 e. The van der Waals surface area contributed by atoms with Crippen LogP contribution in [0.25, 0.3) is 11.1 Å². The number of carbonyl (C=O) groups excluding carboxylic acids is 1. The summed E-state index contributed by atoms with van der Waals surface area (Å²) in [5, 5.41) is 7.15. The fourth-order valence-electron chi connectivity index (χ4n) is 5.99. The van der Waals surface area contributed by atoms with Crippen LogP contribution in [0.15, 0.2) is 85.1 Å². The lowest BCUT2D eigenvalue weighted by atomic mass is 9.71. The number of hydrogen-bond donors (Lipinski definition) is 1. The number of ketones is 1. The average Bonchev–Trinajstić information content (AvgIpc) is 3.43. The molecule has 0 amide bonds. The van der Waals surface area contributed by atoms with E-state index in [1.807, 2.05) is 19.9 Å². The maximum absolute atomic E-state index is 14.2. The van der Waals surface area contributed by atoms with Crippen molar-refractivity contribution >= 4 is 11.6 Å². The number of hydrogen-bond acceptors (Lipinski definition) is 3. The first-order chi connectivity index (χ1) is 20.4. The predicted octanol–water partition coefficient (Wildman–Crippen LogP) is 9.56. The summed E-state index contributed by atoms with van der Waals surface area (Å²) in [5.41, 5.74) is 1.02. The van der Waals surface area contributed by atoms with Gasteiger partial charge >= 0.3 is 12.4 Å². The van der Waals surface area contributed by atoms with Crippen LogP contribution in [0.3, 0.4) is 0 Å². The van der Waals surface area contributed by atoms with Gasteiger partial charge in [0.2, 0.25) is 0 Å². The van der Waals surface area contributed by atoms with Gasteiger partial charge in [-0.3, -0.25) is 4.79 Å². The van der Waals surface area contributed by atoms with Crippen molar-refractivity contribution in [2.24, 2.45) is 0 Å². The molecule has 0 aliphatic carbocycles. The topological polar surface area (TPSA) is 46.9 Å². The summed E-state index contributed by atoms with van der Waals surface area (Å²) in [7, 11) is 0. The number of Topliss-reactive ketones (excluding diaryl/α,β-unsaturated/α-hetero) is 1. The fraction of sp³-hybridized carbons (Fsp3) is 0.333. The Morgan fingerprint density at radius 1 is 0.860 bits per heavy atom. The van der Waals surface area contributed by atoms with Gasteiger partial charge in [-0.25, -0.2) is 4.68 Å². The van der Waals surface area contributed by atoms with Crippen LogP contribution in [-0.2, 0) is 11.6 Å². The van der Waals surface area contributed by atoms with Crippen LogP contribution in [0.4, 0.5) is 32.2 Å². The summed E-state index contributed by atoms with van der Waals surface area (Å²) >= 11 is 0. The molecule has 3 aromatic carbocycles. The Morgan fingerprint density at radius 3 is 2.05 bits per heavy atom. The molecular weight excluding hydrogens is 568 g/mol. The van der Waals surface area contributed by atoms with Crippen molar-refractivity contribution < 1.29 is 31.1 Å². The van der Waals surface area contributed by atoms with Gasteiger partial charge in [0.1, 0.15) is 5.82 Å². The lowest BCUT2D eigenvalue weighted by Gasteiger charge is -2.35. The number of anilines is 1. The molecule has 4 aromatic rings. The first kappa shape index (κ1) is 30.4. The third-order valence-electron chi connectivity index (χ3n) is 8.59. The van der Waals surface area contributed by atoms with Crippen molar-refractivity contribution in [3.05, 3.63) is 107 Å². The van der Waals surface area contributed by atoms with E-state index in [2.05, 4.69) is 10.4 Å². The van der Waals surface area contributed by atoms with Crippen molar-refractivity contribution in [2.45, 2.75) is 69.4 Å². The number of carbonyl (C=O) groups is 1. The number of benzene rings is 3. The fourth-order valence-corrected chi connectivity index (χ4v) is 5.99. The second-order valence-electron chi connectivity index (χ2n) is 11.0. The molecule has 10 heteroatoms. The van der Waals surface area contributed by atoms with Gasteiger partial charge in [0, 0.05) is 18.3 Å². The zero-order chi connectivity index (χ0) is 31.0. The molecule has 1 aliphatic rings. The molecule has 0 radical (unpaired) electrons. The molecule has 0 bridgehead atoms. The molecule has 0 fully saturated rings. The third-order valence-corrected chi connectivity index (χ3v) is 8.59. The third kappa shape index (κ3) is 6.05. The Labute approximate surface area is 245 Å². The molecule has 1 aromatic heterocycles. The summed E-state index contributed by atoms with van der Waals surface area (Å²) in [6, 6.07) is 18.4. The summed E-state index contributed by atoms with van der Waals surface area (Å²) < 4.78 is 83.4. The highest BCUT2D eigenvalue weighted by atomic mass is 19.4. The first-order valence-electron chi connectivity index (χ1n) is 14.1. The van der Waals surface area contributed by atoms with Crippen molar-refractivity contribution in [3.8, 4) is 11.1 Å². The van der Waals surface area contributed by atoms with E-state index in [1.165, 1.54) is 12.3 Å². The summed E-state index contributed by atoms with van der Waals surface area (Å²) in [5.74, 6) is -0.331. The van der Waals surface area contributed by atoms with Gasteiger partial charge in [-0.1, -0.05) is 80.6 Å². The quantitative estimate of drug-likeness (QED) is 0.162. The molecule has 0 spiro atoms. The Morgan fingerprint density at radius 2 is 1.47 bits per heavy atom. The van der Waals surface area contributed by atoms with Crippen LogP contribution in [0, 0.1) is 0 Å². The SMILES string of the molecule is CCC(CC)(CC(=O)c1cnn2c1NC(c1ccccc1)CC2C(F)(F)F)c1cccc(-c2cccc(C(F)(F)F)c2)c1. The minimum Gasteiger partial charge on any atom is -0.363 e. The minimum atomic E-state index is -4.57. The molecule has 0 saturated carbocycles. The zero-order valence-corrected chi connectivity index (χ0v) is 23.6. The molecule has 2 unspecified atom stereocenters. The molecule has 1 N–H and O–H groups in total. The number of rotatable bonds is 8. The lowest BCUT2D eigenvalue weighted by molar-refractivity contribution is -0.173. The Balaban J connectivity index is 1.49. The first-order valence-corrected chi connectivity index (χ1v) is 14.1. The zero-order valence-electron chi connectivity index (χ0n) is 23.6. The van der Waals surface area contributed by atoms with Gasteiger partial charge in [0.05, 0.1) is 23.4 Å². The monoisotopic (exact) mass is 599 g/mol. The average molecular weight is 600 g/mol. The maximum atomic E-state index is 14.2. The number of halogens is 6. The summed E-state index contributed by atoms with van der Waals surface area (Å²) in [4.78, 5) is 13.9. The van der Waals surface area contributed by atoms with Gasteiger partial charge in [-0.2, -0.15) is 31.4 Å². The van der Waals surface area contributed by atoms with Gasteiger partial charge in [0.25, 0.3) is 0 Å². The van der Waals surface area contributed by atoms with Crippen molar-refractivity contribution in [2.75, 3.05) is 5.32 Å². The van der Waals surface area contributed by atoms with E-state index in [0.717, 1.165) is 22.4 Å². The Kier molecular flexibility index (Phi) is 8.15. The van der Waals surface area contributed by atoms with Gasteiger partial charge in [-0.05, 0) is 47.2 Å². The molecule has 5 rings (SSSR count). The van der Waals surface area contributed by atoms with Gasteiger partial charge in [-0.15, -0.1) is 0 Å². The standard InChI is InChI=1S/C33H31F6N3O/c1-3-31(4-2,24-14-8-12-22(16-24)23-13-9-15-25(17-23)32(34,35)36)19-28(43)26-20-40-42-29(33(37,38)39)18-27(41-30(26)42)21-10-6-5-7-11-21/h5-17,20,27,29,41H,3-4,18-19H2,1-2H3. The van der Waals surface area contributed by atoms with E-state index in [0.29, 0.717) is 29.5 Å². The van der Waals surface area contributed by atoms with E-state index in [1.54, 1.807) is 54.6 Å². The molecule has 0 saturated heterocycles. The molecule has 2 atom stereocenters. The van der Waals surface area contributed by atoms with Crippen molar-refractivity contribution in [1.82, 2.24) is 9.78 Å². The molecule has 4 nitrogen and oxygen atoms in total. The van der Waals surface area contributed by atoms with Gasteiger partial charge in [0.15, 0.2) is 11.8 Å². The largest absolute Gasteiger partial charge is 0.416 e. The highest BCUT2D eigenvalue weighted by molar-refractivity contribution is 6.01. The predicted molar refractivity (Wildman–Crippen MR) is 153 cm³/mol. The highest BCUT2D eigenvalue weighted by Crippen LogP contribution is 2.45. The van der Waals surface area contributed by atoms with Crippen LogP contribution in [0.2, 0.25) is 0 Å². The van der Waals surface area contributed by atoms with Crippen LogP contribution >= 0.6 is 0 Å². The van der Waals surface area contributed by atoms with Gasteiger partial charge < -0.3 is 5.32 Å². The lowest BCUT2D eigenvalue weighted by Crippen LogP contribution is -2.36. The molecule has 226 valence electrons. The van der Waals surface area contributed by atoms with E-state index in [-0.39, 0.29) is 30.0 Å². The van der Waals surface area contributed by atoms with E-state index in [4.69, 9.17) is 0 Å². The van der Waals surface area contributed by atoms with Crippen LogP contribution in [0.5, 0.6) is 0 Å². The molecule has 2 heterocycles. The van der Waals surface area contributed by atoms with Crippen molar-refractivity contribution in [1.29, 1.82) is 0 Å². The normalized spacial score (nSPS) is 17.3. The van der Waals surface area contributed by atoms with E-state index in [9.17, 15) is 31.1 Å². The molecule has 1 aliphatic heterocycles. The number of fused-ring (bicyclic) bond motifs is 1. The van der Waals surface area contributed by atoms with Crippen LogP contribution in [0.1, 0.15) is 78.7 Å². The summed E-state index contributed by atoms with van der Waals surface area (Å²) in [6.45, 7) is 3.84. The highest BCUT2D eigenvalue weighted by Gasteiger charge is 2.47. The Hall–Kier alpha value is -4.08. The maximum Gasteiger partial charge on any atom is 0.416 e. The number of nitrogens with zero attached hydrogens (tertiary/aromatic N) is 2. The molecule has 43 heavy (non-hydrogen) atoms. The number of nitrogens with one attached hydrogen (secondary N) is 1. The van der Waals surface area contributed by atoms with E-state index >= 15 is 0 Å². The summed E-state index contributed by atoms with van der Waals surface area (Å²) in [6.07, 6.45) is -7.10. The minimum absolute atomic E-state index is 0.0148. The second kappa shape index (κ2) is 11.5. The van der Waals surface area contributed by atoms with Crippen molar-refractivity contribution in [3.63, 3.8) is 0 Å². The van der Waals surface area contributed by atoms with Crippen LogP contribution < -0.4 is 5.32 Å².